The third-order valence-electron chi connectivity index (χ3n) is 4.76. The maximum atomic E-state index is 13.1. The van der Waals surface area contributed by atoms with Crippen LogP contribution >= 0.6 is 15.9 Å². The van der Waals surface area contributed by atoms with Crippen LogP contribution in [0.15, 0.2) is 32.6 Å². The molecule has 0 aliphatic heterocycles. The summed E-state index contributed by atoms with van der Waals surface area (Å²) >= 11 is 3.06. The average molecular weight is 593 g/mol. The SMILES string of the molecule is CCOC(=O)Cn1ncc2c1CCCC2N(C)S(=O)(=O)c1c[nH]c(=O)c(Br)c1.[Ar].[Ar].[Ar]. The van der Waals surface area contributed by atoms with Crippen molar-refractivity contribution in [3.8, 4) is 0 Å². The number of nitrogens with zero attached hydrogens (tertiary/aromatic N) is 3. The summed E-state index contributed by atoms with van der Waals surface area (Å²) in [5.41, 5.74) is 1.22. The second kappa shape index (κ2) is 14.4. The van der Waals surface area contributed by atoms with E-state index in [1.807, 2.05) is 0 Å². The molecule has 176 valence electrons. The van der Waals surface area contributed by atoms with E-state index in [1.165, 1.54) is 23.6 Å². The van der Waals surface area contributed by atoms with Crippen LogP contribution in [0.4, 0.5) is 0 Å². The molecule has 9 nitrogen and oxygen atoms in total. The molecule has 0 saturated carbocycles. The van der Waals surface area contributed by atoms with Gasteiger partial charge in [-0.25, -0.2) is 8.42 Å². The molecule has 0 fully saturated rings. The van der Waals surface area contributed by atoms with Crippen molar-refractivity contribution in [2.75, 3.05) is 13.7 Å². The van der Waals surface area contributed by atoms with Crippen molar-refractivity contribution in [1.82, 2.24) is 19.1 Å². The molecule has 0 spiro atoms. The molecular weight excluding hydrogens is 572 g/mol. The van der Waals surface area contributed by atoms with E-state index in [1.54, 1.807) is 17.8 Å². The molecule has 1 aliphatic rings. The molecule has 31 heavy (non-hydrogen) atoms. The summed E-state index contributed by atoms with van der Waals surface area (Å²) in [7, 11) is -2.33. The van der Waals surface area contributed by atoms with Crippen LogP contribution in [-0.4, -0.2) is 47.1 Å². The number of sulfonamides is 1. The van der Waals surface area contributed by atoms with E-state index in [4.69, 9.17) is 4.74 Å². The second-order valence-electron chi connectivity index (χ2n) is 6.45. The number of hydrogen-bond acceptors (Lipinski definition) is 6. The number of aromatic amines is 1. The molecule has 1 atom stereocenters. The molecule has 0 radical (unpaired) electrons. The topological polar surface area (TPSA) is 114 Å². The average Bonchev–Trinajstić information content (AvgIpc) is 3.06. The van der Waals surface area contributed by atoms with E-state index in [2.05, 4.69) is 26.0 Å². The van der Waals surface area contributed by atoms with Crippen LogP contribution in [0.1, 0.15) is 37.1 Å². The molecule has 2 heterocycles. The van der Waals surface area contributed by atoms with Gasteiger partial charge in [-0.05, 0) is 48.2 Å². The van der Waals surface area contributed by atoms with Gasteiger partial charge in [-0.1, -0.05) is 0 Å². The number of carbonyl (C=O) groups is 1. The van der Waals surface area contributed by atoms with Crippen molar-refractivity contribution in [1.29, 1.82) is 0 Å². The molecule has 14 heteroatoms. The smallest absolute Gasteiger partial charge is 0.327 e. The van der Waals surface area contributed by atoms with Gasteiger partial charge in [-0.15, -0.1) is 0 Å². The fourth-order valence-corrected chi connectivity index (χ4v) is 5.23. The Morgan fingerprint density at radius 2 is 2.06 bits per heavy atom. The number of rotatable bonds is 6. The summed E-state index contributed by atoms with van der Waals surface area (Å²) in [4.78, 5) is 25.7. The minimum absolute atomic E-state index is 0. The Kier molecular flexibility index (Phi) is 15.2. The summed E-state index contributed by atoms with van der Waals surface area (Å²) in [6, 6.07) is 0.883. The number of H-pyrrole nitrogens is 1. The standard InChI is InChI=1S/C17H21BrN4O5S.3Ar/c1-3-27-16(23)10-22-15-6-4-5-14(12(15)9-20-22)21(2)28(25,26)11-7-13(18)17(24)19-8-11;;;/h7-9,14H,3-6,10H2,1-2H3,(H,19,24);;;. The normalized spacial score (nSPS) is 15.2. The van der Waals surface area contributed by atoms with Crippen LogP contribution in [0.25, 0.3) is 0 Å². The zero-order chi connectivity index (χ0) is 20.5. The van der Waals surface area contributed by atoms with Crippen molar-refractivity contribution in [3.63, 3.8) is 0 Å². The zero-order valence-electron chi connectivity index (χ0n) is 16.6. The van der Waals surface area contributed by atoms with Gasteiger partial charge >= 0.3 is 5.97 Å². The quantitative estimate of drug-likeness (QED) is 0.510. The number of pyridine rings is 1. The summed E-state index contributed by atoms with van der Waals surface area (Å²) in [6.07, 6.45) is 4.92. The van der Waals surface area contributed by atoms with Crippen molar-refractivity contribution in [2.45, 2.75) is 43.7 Å². The molecule has 1 N–H and O–H groups in total. The first-order chi connectivity index (χ1) is 13.3. The van der Waals surface area contributed by atoms with E-state index in [0.717, 1.165) is 17.7 Å². The number of ether oxygens (including phenoxy) is 1. The molecule has 1 aliphatic carbocycles. The third kappa shape index (κ3) is 7.64. The molecule has 2 aromatic heterocycles. The molecule has 0 amide bonds. The van der Waals surface area contributed by atoms with Gasteiger partial charge < -0.3 is 9.72 Å². The van der Waals surface area contributed by atoms with E-state index in [0.29, 0.717) is 19.4 Å². The van der Waals surface area contributed by atoms with Crippen LogP contribution in [0.5, 0.6) is 0 Å². The minimum atomic E-state index is -3.84. The first-order valence-electron chi connectivity index (χ1n) is 8.82. The Morgan fingerprint density at radius 3 is 2.68 bits per heavy atom. The largest absolute Gasteiger partial charge is 0.465 e. The third-order valence-corrected chi connectivity index (χ3v) is 7.20. The number of esters is 1. The summed E-state index contributed by atoms with van der Waals surface area (Å²) in [6.45, 7) is 2.03. The Balaban J connectivity index is 0.00000300. The monoisotopic (exact) mass is 592 g/mol. The number of carbonyl (C=O) groups excluding carboxylic acids is 1. The van der Waals surface area contributed by atoms with Gasteiger partial charge in [0.2, 0.25) is 10.0 Å². The van der Waals surface area contributed by atoms with E-state index >= 15 is 0 Å². The summed E-state index contributed by atoms with van der Waals surface area (Å²) in [5, 5.41) is 4.27. The zero-order valence-corrected chi connectivity index (χ0v) is 21.1. The van der Waals surface area contributed by atoms with Crippen LogP contribution in [0.2, 0.25) is 0 Å². The van der Waals surface area contributed by atoms with Crippen LogP contribution < -0.4 is 5.56 Å². The molecule has 3 rings (SSSR count). The fourth-order valence-electron chi connectivity index (χ4n) is 3.36. The van der Waals surface area contributed by atoms with Gasteiger partial charge in [-0.2, -0.15) is 9.40 Å². The molecular formula is C17H21Ar3BrN4O5S. The first-order valence-corrected chi connectivity index (χ1v) is 11.1. The number of nitrogens with one attached hydrogen (secondary N) is 1. The van der Waals surface area contributed by atoms with E-state index in [9.17, 15) is 18.0 Å². The fraction of sp³-hybridized carbons (Fsp3) is 0.471. The van der Waals surface area contributed by atoms with Gasteiger partial charge in [0.1, 0.15) is 6.54 Å². The first kappa shape index (κ1) is 32.8. The van der Waals surface area contributed by atoms with Crippen LogP contribution in [0.3, 0.4) is 0 Å². The molecule has 1 unspecified atom stereocenters. The van der Waals surface area contributed by atoms with Gasteiger partial charge in [-0.3, -0.25) is 14.3 Å². The van der Waals surface area contributed by atoms with Crippen LogP contribution in [-0.2, 0) is 32.5 Å². The minimum Gasteiger partial charge on any atom is -0.465 e. The molecule has 0 aromatic carbocycles. The van der Waals surface area contributed by atoms with E-state index in [-0.39, 0.29) is 135 Å². The maximum absolute atomic E-state index is 13.1. The van der Waals surface area contributed by atoms with Crippen molar-refractivity contribution in [2.24, 2.45) is 0 Å². The number of aromatic nitrogens is 3. The summed E-state index contributed by atoms with van der Waals surface area (Å²) in [5.74, 6) is -0.380. The van der Waals surface area contributed by atoms with Crippen molar-refractivity contribution in [3.05, 3.63) is 44.5 Å². The maximum Gasteiger partial charge on any atom is 0.327 e. The number of hydrogen-bond donors (Lipinski definition) is 1. The Labute approximate surface area is 279 Å². The molecule has 0 saturated heterocycles. The van der Waals surface area contributed by atoms with E-state index < -0.39 is 21.6 Å². The van der Waals surface area contributed by atoms with Gasteiger partial charge in [0.05, 0.1) is 28.2 Å². The van der Waals surface area contributed by atoms with Gasteiger partial charge in [0.25, 0.3) is 5.56 Å². The molecule has 0 bridgehead atoms. The van der Waals surface area contributed by atoms with Crippen molar-refractivity contribution < 1.29 is 131 Å². The second-order valence-corrected chi connectivity index (χ2v) is 9.30. The number of fused-ring (bicyclic) bond motifs is 1. The molecule has 2 aromatic rings. The predicted molar refractivity (Wildman–Crippen MR) is 104 cm³/mol. The Bertz CT molecular complexity index is 1060. The Morgan fingerprint density at radius 1 is 1.39 bits per heavy atom. The Hall–Kier alpha value is 1.80. The number of halogens is 1. The van der Waals surface area contributed by atoms with Crippen LogP contribution in [0, 0.1) is 113 Å². The van der Waals surface area contributed by atoms with Gasteiger partial charge in [0.15, 0.2) is 0 Å². The summed E-state index contributed by atoms with van der Waals surface area (Å²) < 4.78 is 34.1. The van der Waals surface area contributed by atoms with Gasteiger partial charge in [0, 0.05) is 138 Å². The predicted octanol–water partition coefficient (Wildman–Crippen LogP) is 1.60. The van der Waals surface area contributed by atoms with Crippen molar-refractivity contribution >= 4 is 31.9 Å².